The van der Waals surface area contributed by atoms with Crippen molar-refractivity contribution in [2.45, 2.75) is 32.7 Å². The Balaban J connectivity index is 2.09. The number of imidazole rings is 1. The quantitative estimate of drug-likeness (QED) is 0.865. The number of rotatable bonds is 6. The van der Waals surface area contributed by atoms with E-state index in [-0.39, 0.29) is 0 Å². The van der Waals surface area contributed by atoms with E-state index in [1.54, 1.807) is 0 Å². The molecule has 0 aromatic carbocycles. The van der Waals surface area contributed by atoms with E-state index in [4.69, 9.17) is 0 Å². The molecule has 1 atom stereocenters. The fourth-order valence-corrected chi connectivity index (χ4v) is 2.37. The summed E-state index contributed by atoms with van der Waals surface area (Å²) in [5.41, 5.74) is 2.58. The van der Waals surface area contributed by atoms with Gasteiger partial charge in [-0.15, -0.1) is 0 Å². The summed E-state index contributed by atoms with van der Waals surface area (Å²) in [4.78, 5) is 8.63. The molecule has 1 N–H and O–H groups in total. The summed E-state index contributed by atoms with van der Waals surface area (Å²) < 4.78 is 2.08. The van der Waals surface area contributed by atoms with Gasteiger partial charge in [-0.25, -0.2) is 4.98 Å². The Bertz CT molecular complexity index is 518. The van der Waals surface area contributed by atoms with Crippen molar-refractivity contribution in [3.05, 3.63) is 47.8 Å². The Labute approximate surface area is 114 Å². The van der Waals surface area contributed by atoms with Crippen LogP contribution in [0.4, 0.5) is 0 Å². The molecule has 2 aromatic heterocycles. The molecule has 2 rings (SSSR count). The predicted molar refractivity (Wildman–Crippen MR) is 76.9 cm³/mol. The van der Waals surface area contributed by atoms with Gasteiger partial charge in [-0.05, 0) is 37.1 Å². The van der Waals surface area contributed by atoms with Gasteiger partial charge in [0.15, 0.2) is 0 Å². The van der Waals surface area contributed by atoms with Gasteiger partial charge in [0, 0.05) is 44.3 Å². The van der Waals surface area contributed by atoms with Gasteiger partial charge in [0.2, 0.25) is 0 Å². The van der Waals surface area contributed by atoms with E-state index >= 15 is 0 Å². The molecule has 2 aromatic rings. The van der Waals surface area contributed by atoms with E-state index in [9.17, 15) is 0 Å². The third-order valence-electron chi connectivity index (χ3n) is 3.48. The van der Waals surface area contributed by atoms with Crippen molar-refractivity contribution in [1.82, 2.24) is 19.9 Å². The Morgan fingerprint density at radius 1 is 1.37 bits per heavy atom. The molecule has 0 saturated carbocycles. The van der Waals surface area contributed by atoms with E-state index in [0.29, 0.717) is 6.04 Å². The lowest BCUT2D eigenvalue weighted by atomic mass is 9.99. The van der Waals surface area contributed by atoms with Crippen LogP contribution in [0.15, 0.2) is 30.9 Å². The van der Waals surface area contributed by atoms with Gasteiger partial charge in [0.1, 0.15) is 5.82 Å². The molecule has 0 amide bonds. The van der Waals surface area contributed by atoms with Crippen molar-refractivity contribution >= 4 is 0 Å². The largest absolute Gasteiger partial charge is 0.338 e. The Hall–Kier alpha value is -1.68. The first-order valence-corrected chi connectivity index (χ1v) is 6.82. The van der Waals surface area contributed by atoms with Gasteiger partial charge < -0.3 is 9.88 Å². The molecule has 0 saturated heterocycles. The summed E-state index contributed by atoms with van der Waals surface area (Å²) in [7, 11) is 2.04. The molecular weight excluding hydrogens is 236 g/mol. The molecule has 0 bridgehead atoms. The fourth-order valence-electron chi connectivity index (χ4n) is 2.37. The highest BCUT2D eigenvalue weighted by molar-refractivity contribution is 5.25. The molecule has 1 unspecified atom stereocenters. The summed E-state index contributed by atoms with van der Waals surface area (Å²) >= 11 is 0. The average molecular weight is 258 g/mol. The first-order valence-electron chi connectivity index (χ1n) is 6.82. The number of nitrogens with one attached hydrogen (secondary N) is 1. The number of aryl methyl sites for hydroxylation is 3. The lowest BCUT2D eigenvalue weighted by Crippen LogP contribution is -2.22. The minimum Gasteiger partial charge on any atom is -0.338 e. The zero-order chi connectivity index (χ0) is 13.7. The molecular formula is C15H22N4. The molecule has 19 heavy (non-hydrogen) atoms. The van der Waals surface area contributed by atoms with E-state index in [2.05, 4.69) is 39.8 Å². The highest BCUT2D eigenvalue weighted by atomic mass is 15.0. The topological polar surface area (TPSA) is 42.7 Å². The second kappa shape index (κ2) is 6.48. The lowest BCUT2D eigenvalue weighted by Gasteiger charge is -2.19. The fraction of sp³-hybridized carbons (Fsp3) is 0.467. The van der Waals surface area contributed by atoms with Crippen LogP contribution in [0.25, 0.3) is 0 Å². The summed E-state index contributed by atoms with van der Waals surface area (Å²) in [5.74, 6) is 1.13. The van der Waals surface area contributed by atoms with Crippen LogP contribution >= 0.6 is 0 Å². The molecule has 0 spiro atoms. The van der Waals surface area contributed by atoms with Crippen molar-refractivity contribution in [2.75, 3.05) is 6.54 Å². The standard InChI is InChI=1S/C15H22N4/c1-4-17-14(13-11-16-8-7-12(13)2)5-6-15-18-9-10-19(15)3/h7-11,14,17H,4-6H2,1-3H3. The van der Waals surface area contributed by atoms with Gasteiger partial charge in [-0.1, -0.05) is 6.92 Å². The maximum Gasteiger partial charge on any atom is 0.108 e. The summed E-state index contributed by atoms with van der Waals surface area (Å²) in [5, 5.41) is 3.54. The summed E-state index contributed by atoms with van der Waals surface area (Å²) in [6.45, 7) is 5.24. The van der Waals surface area contributed by atoms with E-state index in [1.807, 2.05) is 31.8 Å². The number of nitrogens with zero attached hydrogens (tertiary/aromatic N) is 3. The molecule has 4 heteroatoms. The average Bonchev–Trinajstić information content (AvgIpc) is 2.81. The SMILES string of the molecule is CCNC(CCc1nccn1C)c1cnccc1C. The molecule has 102 valence electrons. The Morgan fingerprint density at radius 2 is 2.21 bits per heavy atom. The third kappa shape index (κ3) is 3.41. The molecule has 2 heterocycles. The molecule has 0 aliphatic carbocycles. The highest BCUT2D eigenvalue weighted by Crippen LogP contribution is 2.21. The van der Waals surface area contributed by atoms with Crippen LogP contribution in [0, 0.1) is 6.92 Å². The maximum atomic E-state index is 4.38. The molecule has 0 aliphatic rings. The summed E-state index contributed by atoms with van der Waals surface area (Å²) in [6, 6.07) is 2.41. The van der Waals surface area contributed by atoms with Crippen LogP contribution < -0.4 is 5.32 Å². The lowest BCUT2D eigenvalue weighted by molar-refractivity contribution is 0.502. The maximum absolute atomic E-state index is 4.38. The van der Waals surface area contributed by atoms with Crippen LogP contribution in [0.2, 0.25) is 0 Å². The first kappa shape index (κ1) is 13.7. The predicted octanol–water partition coefficient (Wildman–Crippen LogP) is 2.41. The zero-order valence-electron chi connectivity index (χ0n) is 11.9. The smallest absolute Gasteiger partial charge is 0.108 e. The second-order valence-corrected chi connectivity index (χ2v) is 4.84. The van der Waals surface area contributed by atoms with Crippen LogP contribution in [0.5, 0.6) is 0 Å². The van der Waals surface area contributed by atoms with Crippen molar-refractivity contribution < 1.29 is 0 Å². The number of hydrogen-bond acceptors (Lipinski definition) is 3. The van der Waals surface area contributed by atoms with Gasteiger partial charge in [-0.2, -0.15) is 0 Å². The van der Waals surface area contributed by atoms with Crippen LogP contribution in [0.3, 0.4) is 0 Å². The monoisotopic (exact) mass is 258 g/mol. The first-order chi connectivity index (χ1) is 9.22. The number of hydrogen-bond donors (Lipinski definition) is 1. The molecule has 0 radical (unpaired) electrons. The van der Waals surface area contributed by atoms with Crippen molar-refractivity contribution in [3.8, 4) is 0 Å². The van der Waals surface area contributed by atoms with Gasteiger partial charge >= 0.3 is 0 Å². The van der Waals surface area contributed by atoms with Crippen molar-refractivity contribution in [1.29, 1.82) is 0 Å². The minimum absolute atomic E-state index is 0.343. The van der Waals surface area contributed by atoms with Crippen LogP contribution in [0.1, 0.15) is 36.3 Å². The highest BCUT2D eigenvalue weighted by Gasteiger charge is 2.13. The summed E-state index contributed by atoms with van der Waals surface area (Å²) in [6.07, 6.45) is 9.67. The van der Waals surface area contributed by atoms with E-state index < -0.39 is 0 Å². The number of aromatic nitrogens is 3. The Kier molecular flexibility index (Phi) is 4.68. The minimum atomic E-state index is 0.343. The van der Waals surface area contributed by atoms with E-state index in [0.717, 1.165) is 25.2 Å². The van der Waals surface area contributed by atoms with Crippen LogP contribution in [-0.4, -0.2) is 21.1 Å². The molecule has 0 fully saturated rings. The normalized spacial score (nSPS) is 12.6. The van der Waals surface area contributed by atoms with Gasteiger partial charge in [0.25, 0.3) is 0 Å². The molecule has 0 aliphatic heterocycles. The van der Waals surface area contributed by atoms with Crippen molar-refractivity contribution in [2.24, 2.45) is 7.05 Å². The van der Waals surface area contributed by atoms with Gasteiger partial charge in [-0.3, -0.25) is 4.98 Å². The van der Waals surface area contributed by atoms with Crippen molar-refractivity contribution in [3.63, 3.8) is 0 Å². The van der Waals surface area contributed by atoms with Crippen LogP contribution in [-0.2, 0) is 13.5 Å². The molecule has 4 nitrogen and oxygen atoms in total. The second-order valence-electron chi connectivity index (χ2n) is 4.84. The zero-order valence-corrected chi connectivity index (χ0v) is 11.9. The Morgan fingerprint density at radius 3 is 2.84 bits per heavy atom. The van der Waals surface area contributed by atoms with E-state index in [1.165, 1.54) is 11.1 Å². The number of pyridine rings is 1. The third-order valence-corrected chi connectivity index (χ3v) is 3.48. The van der Waals surface area contributed by atoms with Gasteiger partial charge in [0.05, 0.1) is 0 Å².